The van der Waals surface area contributed by atoms with Crippen molar-refractivity contribution in [1.29, 1.82) is 0 Å². The van der Waals surface area contributed by atoms with Crippen LogP contribution < -0.4 is 10.1 Å². The normalized spacial score (nSPS) is 24.9. The Bertz CT molecular complexity index is 438. The molecule has 2 aliphatic rings. The summed E-state index contributed by atoms with van der Waals surface area (Å²) in [5, 5.41) is 3.65. The van der Waals surface area contributed by atoms with Gasteiger partial charge in [0, 0.05) is 44.7 Å². The van der Waals surface area contributed by atoms with E-state index in [4.69, 9.17) is 14.2 Å². The summed E-state index contributed by atoms with van der Waals surface area (Å²) in [6.45, 7) is 3.34. The van der Waals surface area contributed by atoms with Crippen LogP contribution in [0.4, 0.5) is 0 Å². The molecule has 21 heavy (non-hydrogen) atoms. The summed E-state index contributed by atoms with van der Waals surface area (Å²) in [4.78, 5) is 4.24. The third-order valence-corrected chi connectivity index (χ3v) is 4.50. The van der Waals surface area contributed by atoms with Crippen LogP contribution in [0.5, 0.6) is 5.88 Å². The summed E-state index contributed by atoms with van der Waals surface area (Å²) < 4.78 is 16.6. The number of methoxy groups -OCH3 is 1. The van der Waals surface area contributed by atoms with Crippen molar-refractivity contribution >= 4 is 0 Å². The Hall–Kier alpha value is -1.17. The van der Waals surface area contributed by atoms with Gasteiger partial charge in [-0.3, -0.25) is 0 Å². The number of rotatable bonds is 4. The van der Waals surface area contributed by atoms with Crippen LogP contribution in [-0.4, -0.2) is 43.6 Å². The van der Waals surface area contributed by atoms with Crippen LogP contribution >= 0.6 is 0 Å². The van der Waals surface area contributed by atoms with E-state index in [2.05, 4.69) is 16.4 Å². The lowest BCUT2D eigenvalue weighted by Crippen LogP contribution is -2.49. The van der Waals surface area contributed by atoms with E-state index >= 15 is 0 Å². The van der Waals surface area contributed by atoms with Gasteiger partial charge in [-0.2, -0.15) is 0 Å². The molecule has 2 aliphatic heterocycles. The lowest BCUT2D eigenvalue weighted by molar-refractivity contribution is -0.140. The average Bonchev–Trinajstić information content (AvgIpc) is 2.54. The van der Waals surface area contributed by atoms with Crippen LogP contribution in [0.1, 0.15) is 31.2 Å². The Labute approximate surface area is 126 Å². The zero-order chi connectivity index (χ0) is 14.5. The van der Waals surface area contributed by atoms with Gasteiger partial charge in [-0.25, -0.2) is 4.98 Å². The van der Waals surface area contributed by atoms with Crippen molar-refractivity contribution in [2.24, 2.45) is 0 Å². The standard InChI is InChI=1S/C16H24N2O3/c1-19-15-3-2-13(12-18-15)11-17-14-4-7-21-16(10-14)5-8-20-9-6-16/h2-3,12,14,17H,4-11H2,1H3. The predicted octanol–water partition coefficient (Wildman–Crippen LogP) is 1.91. The van der Waals surface area contributed by atoms with Crippen molar-refractivity contribution in [1.82, 2.24) is 10.3 Å². The molecule has 1 atom stereocenters. The third-order valence-electron chi connectivity index (χ3n) is 4.50. The number of hydrogen-bond donors (Lipinski definition) is 1. The maximum atomic E-state index is 6.07. The van der Waals surface area contributed by atoms with Crippen molar-refractivity contribution in [2.75, 3.05) is 26.9 Å². The van der Waals surface area contributed by atoms with Crippen LogP contribution in [0.25, 0.3) is 0 Å². The first-order chi connectivity index (χ1) is 10.3. The van der Waals surface area contributed by atoms with Crippen molar-refractivity contribution in [3.8, 4) is 5.88 Å². The summed E-state index contributed by atoms with van der Waals surface area (Å²) >= 11 is 0. The van der Waals surface area contributed by atoms with E-state index in [1.54, 1.807) is 7.11 Å². The first-order valence-corrected chi connectivity index (χ1v) is 7.74. The first kappa shape index (κ1) is 14.8. The monoisotopic (exact) mass is 292 g/mol. The Balaban J connectivity index is 1.52. The molecule has 2 saturated heterocycles. The van der Waals surface area contributed by atoms with E-state index in [0.717, 1.165) is 52.0 Å². The van der Waals surface area contributed by atoms with Gasteiger partial charge in [0.25, 0.3) is 0 Å². The van der Waals surface area contributed by atoms with Crippen LogP contribution in [0.15, 0.2) is 18.3 Å². The second kappa shape index (κ2) is 6.73. The van der Waals surface area contributed by atoms with E-state index in [-0.39, 0.29) is 5.60 Å². The van der Waals surface area contributed by atoms with Crippen molar-refractivity contribution in [3.63, 3.8) is 0 Å². The third kappa shape index (κ3) is 3.73. The fraction of sp³-hybridized carbons (Fsp3) is 0.688. The van der Waals surface area contributed by atoms with Gasteiger partial charge in [0.15, 0.2) is 0 Å². The van der Waals surface area contributed by atoms with E-state index in [1.807, 2.05) is 12.3 Å². The molecule has 2 fully saturated rings. The van der Waals surface area contributed by atoms with Gasteiger partial charge < -0.3 is 19.5 Å². The molecule has 1 spiro atoms. The van der Waals surface area contributed by atoms with Gasteiger partial charge in [-0.15, -0.1) is 0 Å². The van der Waals surface area contributed by atoms with Crippen LogP contribution in [0.3, 0.4) is 0 Å². The Kier molecular flexibility index (Phi) is 4.73. The Morgan fingerprint density at radius 3 is 2.90 bits per heavy atom. The van der Waals surface area contributed by atoms with Crippen LogP contribution in [0.2, 0.25) is 0 Å². The smallest absolute Gasteiger partial charge is 0.212 e. The highest BCUT2D eigenvalue weighted by Gasteiger charge is 2.38. The zero-order valence-corrected chi connectivity index (χ0v) is 12.6. The quantitative estimate of drug-likeness (QED) is 0.918. The predicted molar refractivity (Wildman–Crippen MR) is 79.4 cm³/mol. The average molecular weight is 292 g/mol. The summed E-state index contributed by atoms with van der Waals surface area (Å²) in [7, 11) is 1.63. The Morgan fingerprint density at radius 1 is 1.33 bits per heavy atom. The van der Waals surface area contributed by atoms with E-state index in [0.29, 0.717) is 11.9 Å². The number of hydrogen-bond acceptors (Lipinski definition) is 5. The highest BCUT2D eigenvalue weighted by atomic mass is 16.5. The van der Waals surface area contributed by atoms with Gasteiger partial charge >= 0.3 is 0 Å². The lowest BCUT2D eigenvalue weighted by atomic mass is 9.84. The summed E-state index contributed by atoms with van der Waals surface area (Å²) in [5.41, 5.74) is 1.23. The molecule has 0 saturated carbocycles. The molecule has 5 heteroatoms. The van der Waals surface area contributed by atoms with Gasteiger partial charge in [0.1, 0.15) is 0 Å². The maximum absolute atomic E-state index is 6.07. The van der Waals surface area contributed by atoms with Gasteiger partial charge in [-0.05, 0) is 31.2 Å². The van der Waals surface area contributed by atoms with Crippen molar-refractivity contribution in [2.45, 2.75) is 43.9 Å². The summed E-state index contributed by atoms with van der Waals surface area (Å²) in [6, 6.07) is 4.47. The summed E-state index contributed by atoms with van der Waals surface area (Å²) in [6.07, 6.45) is 6.08. The topological polar surface area (TPSA) is 52.6 Å². The minimum absolute atomic E-state index is 0.0479. The molecular weight excluding hydrogens is 268 g/mol. The molecule has 1 N–H and O–H groups in total. The molecule has 1 aromatic heterocycles. The first-order valence-electron chi connectivity index (χ1n) is 7.74. The maximum Gasteiger partial charge on any atom is 0.212 e. The molecular formula is C16H24N2O3. The number of nitrogens with zero attached hydrogens (tertiary/aromatic N) is 1. The van der Waals surface area contributed by atoms with Gasteiger partial charge in [0.2, 0.25) is 5.88 Å². The van der Waals surface area contributed by atoms with E-state index < -0.39 is 0 Å². The number of ether oxygens (including phenoxy) is 3. The molecule has 3 rings (SSSR count). The molecule has 0 aromatic carbocycles. The second-order valence-corrected chi connectivity index (χ2v) is 5.92. The highest BCUT2D eigenvalue weighted by molar-refractivity contribution is 5.17. The number of aromatic nitrogens is 1. The fourth-order valence-electron chi connectivity index (χ4n) is 3.19. The number of pyridine rings is 1. The van der Waals surface area contributed by atoms with Gasteiger partial charge in [0.05, 0.1) is 12.7 Å². The van der Waals surface area contributed by atoms with Crippen LogP contribution in [-0.2, 0) is 16.0 Å². The van der Waals surface area contributed by atoms with E-state index in [1.165, 1.54) is 5.56 Å². The Morgan fingerprint density at radius 2 is 2.19 bits per heavy atom. The zero-order valence-electron chi connectivity index (χ0n) is 12.6. The largest absolute Gasteiger partial charge is 0.481 e. The highest BCUT2D eigenvalue weighted by Crippen LogP contribution is 2.34. The van der Waals surface area contributed by atoms with Crippen molar-refractivity contribution < 1.29 is 14.2 Å². The van der Waals surface area contributed by atoms with E-state index in [9.17, 15) is 0 Å². The molecule has 1 unspecified atom stereocenters. The molecule has 116 valence electrons. The SMILES string of the molecule is COc1ccc(CNC2CCOC3(CCOCC3)C2)cn1. The minimum atomic E-state index is 0.0479. The molecule has 0 bridgehead atoms. The second-order valence-electron chi connectivity index (χ2n) is 5.92. The van der Waals surface area contributed by atoms with Crippen molar-refractivity contribution in [3.05, 3.63) is 23.9 Å². The lowest BCUT2D eigenvalue weighted by Gasteiger charge is -2.43. The molecule has 0 aliphatic carbocycles. The summed E-state index contributed by atoms with van der Waals surface area (Å²) in [5.74, 6) is 0.658. The van der Waals surface area contributed by atoms with Gasteiger partial charge in [-0.1, -0.05) is 6.07 Å². The molecule has 1 aromatic rings. The molecule has 3 heterocycles. The fourth-order valence-corrected chi connectivity index (χ4v) is 3.19. The minimum Gasteiger partial charge on any atom is -0.481 e. The number of nitrogens with one attached hydrogen (secondary N) is 1. The van der Waals surface area contributed by atoms with Crippen LogP contribution in [0, 0.1) is 0 Å². The molecule has 5 nitrogen and oxygen atoms in total. The molecule has 0 amide bonds. The molecule has 0 radical (unpaired) electrons.